The molecule has 0 aromatic heterocycles. The summed E-state index contributed by atoms with van der Waals surface area (Å²) in [4.78, 5) is 28.7. The molecule has 0 saturated carbocycles. The van der Waals surface area contributed by atoms with Crippen molar-refractivity contribution in [2.75, 3.05) is 16.8 Å². The van der Waals surface area contributed by atoms with Crippen LogP contribution in [-0.2, 0) is 4.79 Å². The fourth-order valence-corrected chi connectivity index (χ4v) is 3.85. The summed E-state index contributed by atoms with van der Waals surface area (Å²) in [5.41, 5.74) is 3.61. The second kappa shape index (κ2) is 7.74. The second-order valence-corrected chi connectivity index (χ2v) is 7.33. The first-order valence-corrected chi connectivity index (χ1v) is 9.67. The summed E-state index contributed by atoms with van der Waals surface area (Å²) in [6.45, 7) is 0. The first kappa shape index (κ1) is 18.1. The van der Waals surface area contributed by atoms with E-state index in [-0.39, 0.29) is 11.1 Å². The number of rotatable bonds is 4. The highest BCUT2D eigenvalue weighted by atomic mass is 32.2. The molecule has 0 atom stereocenters. The molecule has 3 aromatic rings. The third-order valence-corrected chi connectivity index (χ3v) is 5.40. The van der Waals surface area contributed by atoms with Crippen molar-refractivity contribution < 1.29 is 9.59 Å². The molecule has 28 heavy (non-hydrogen) atoms. The largest absolute Gasteiger partial charge is 0.345 e. The van der Waals surface area contributed by atoms with Gasteiger partial charge in [-0.25, -0.2) is 4.90 Å². The van der Waals surface area contributed by atoms with Gasteiger partial charge in [0.15, 0.2) is 0 Å². The number of thioether (sulfide) groups is 1. The van der Waals surface area contributed by atoms with Crippen molar-refractivity contribution in [3.63, 3.8) is 0 Å². The molecule has 0 N–H and O–H groups in total. The lowest BCUT2D eigenvalue weighted by atomic mass is 10.1. The van der Waals surface area contributed by atoms with E-state index in [1.807, 2.05) is 79.8 Å². The predicted octanol–water partition coefficient (Wildman–Crippen LogP) is 5.70. The van der Waals surface area contributed by atoms with Gasteiger partial charge in [0.25, 0.3) is 11.1 Å². The molecule has 0 radical (unpaired) electrons. The standard InChI is InChI=1S/C23H18N2O2S/c1-24(18-8-4-2-5-9-18)19-14-12-17(13-15-19)16-21-22(26)25(23(27)28-21)20-10-6-3-7-11-20/h2-16H,1H3/b21-16+. The number of imide groups is 1. The normalized spacial score (nSPS) is 15.3. The molecule has 1 heterocycles. The van der Waals surface area contributed by atoms with Crippen LogP contribution in [0.3, 0.4) is 0 Å². The van der Waals surface area contributed by atoms with E-state index in [9.17, 15) is 9.59 Å². The van der Waals surface area contributed by atoms with Crippen LogP contribution in [0.15, 0.2) is 89.8 Å². The molecule has 0 unspecified atom stereocenters. The van der Waals surface area contributed by atoms with Crippen LogP contribution in [0.25, 0.3) is 6.08 Å². The highest BCUT2D eigenvalue weighted by Gasteiger charge is 2.36. The van der Waals surface area contributed by atoms with Crippen LogP contribution in [-0.4, -0.2) is 18.2 Å². The van der Waals surface area contributed by atoms with Crippen LogP contribution in [0, 0.1) is 0 Å². The van der Waals surface area contributed by atoms with Gasteiger partial charge in [-0.05, 0) is 59.8 Å². The Bertz CT molecular complexity index is 1030. The molecular weight excluding hydrogens is 368 g/mol. The Kier molecular flexibility index (Phi) is 5.00. The minimum atomic E-state index is -0.285. The number of para-hydroxylation sites is 2. The van der Waals surface area contributed by atoms with Gasteiger partial charge < -0.3 is 4.90 Å². The Hall–Kier alpha value is -3.31. The molecule has 0 spiro atoms. The van der Waals surface area contributed by atoms with Gasteiger partial charge in [0, 0.05) is 18.4 Å². The van der Waals surface area contributed by atoms with E-state index in [2.05, 4.69) is 4.90 Å². The minimum absolute atomic E-state index is 0.275. The zero-order valence-electron chi connectivity index (χ0n) is 15.3. The highest BCUT2D eigenvalue weighted by Crippen LogP contribution is 2.35. The van der Waals surface area contributed by atoms with Gasteiger partial charge in [-0.1, -0.05) is 48.5 Å². The van der Waals surface area contributed by atoms with Crippen molar-refractivity contribution in [2.45, 2.75) is 0 Å². The average Bonchev–Trinajstić information content (AvgIpc) is 3.02. The monoisotopic (exact) mass is 386 g/mol. The smallest absolute Gasteiger partial charge is 0.298 e. The lowest BCUT2D eigenvalue weighted by Crippen LogP contribution is -2.27. The first-order valence-electron chi connectivity index (χ1n) is 8.85. The fourth-order valence-electron chi connectivity index (χ4n) is 3.01. The van der Waals surface area contributed by atoms with E-state index in [1.54, 1.807) is 18.2 Å². The topological polar surface area (TPSA) is 40.6 Å². The number of amides is 2. The molecule has 1 aliphatic heterocycles. The molecular formula is C23H18N2O2S. The maximum Gasteiger partial charge on any atom is 0.298 e. The maximum absolute atomic E-state index is 12.7. The maximum atomic E-state index is 12.7. The summed E-state index contributed by atoms with van der Waals surface area (Å²) >= 11 is 0.967. The summed E-state index contributed by atoms with van der Waals surface area (Å²) < 4.78 is 0. The highest BCUT2D eigenvalue weighted by molar-refractivity contribution is 8.19. The van der Waals surface area contributed by atoms with Crippen molar-refractivity contribution in [1.82, 2.24) is 0 Å². The number of benzene rings is 3. The van der Waals surface area contributed by atoms with Gasteiger partial charge in [0.2, 0.25) is 0 Å². The first-order chi connectivity index (χ1) is 13.6. The molecule has 0 bridgehead atoms. The van der Waals surface area contributed by atoms with Gasteiger partial charge in [0.1, 0.15) is 0 Å². The Balaban J connectivity index is 1.55. The Morgan fingerprint density at radius 2 is 1.36 bits per heavy atom. The molecule has 1 saturated heterocycles. The lowest BCUT2D eigenvalue weighted by Gasteiger charge is -2.19. The van der Waals surface area contributed by atoms with Gasteiger partial charge in [-0.3, -0.25) is 9.59 Å². The van der Waals surface area contributed by atoms with E-state index < -0.39 is 0 Å². The lowest BCUT2D eigenvalue weighted by molar-refractivity contribution is -0.113. The molecule has 4 rings (SSSR count). The van der Waals surface area contributed by atoms with E-state index in [4.69, 9.17) is 0 Å². The van der Waals surface area contributed by atoms with Crippen molar-refractivity contribution in [1.29, 1.82) is 0 Å². The molecule has 2 amide bonds. The number of carbonyl (C=O) groups excluding carboxylic acids is 2. The quantitative estimate of drug-likeness (QED) is 0.540. The summed E-state index contributed by atoms with van der Waals surface area (Å²) in [5.74, 6) is -0.285. The van der Waals surface area contributed by atoms with Gasteiger partial charge >= 0.3 is 0 Å². The third kappa shape index (κ3) is 3.57. The van der Waals surface area contributed by atoms with Gasteiger partial charge in [0.05, 0.1) is 10.6 Å². The van der Waals surface area contributed by atoms with Crippen molar-refractivity contribution in [2.24, 2.45) is 0 Å². The molecule has 3 aromatic carbocycles. The Labute approximate surface area is 168 Å². The predicted molar refractivity (Wildman–Crippen MR) is 116 cm³/mol. The van der Waals surface area contributed by atoms with Crippen LogP contribution in [0.5, 0.6) is 0 Å². The molecule has 4 nitrogen and oxygen atoms in total. The number of hydrogen-bond donors (Lipinski definition) is 0. The zero-order valence-corrected chi connectivity index (χ0v) is 16.1. The van der Waals surface area contributed by atoms with Gasteiger partial charge in [-0.2, -0.15) is 0 Å². The van der Waals surface area contributed by atoms with Crippen LogP contribution < -0.4 is 9.80 Å². The SMILES string of the molecule is CN(c1ccccc1)c1ccc(/C=C2/SC(=O)N(c3ccccc3)C2=O)cc1. The Morgan fingerprint density at radius 1 is 0.786 bits per heavy atom. The Morgan fingerprint density at radius 3 is 2.00 bits per heavy atom. The number of carbonyl (C=O) groups is 2. The van der Waals surface area contributed by atoms with Crippen LogP contribution in [0.4, 0.5) is 21.9 Å². The summed E-state index contributed by atoms with van der Waals surface area (Å²) in [6, 6.07) is 27.0. The number of hydrogen-bond acceptors (Lipinski definition) is 4. The summed E-state index contributed by atoms with van der Waals surface area (Å²) in [6.07, 6.45) is 1.76. The third-order valence-electron chi connectivity index (χ3n) is 4.53. The molecule has 0 aliphatic carbocycles. The molecule has 5 heteroatoms. The van der Waals surface area contributed by atoms with Crippen molar-refractivity contribution in [3.8, 4) is 0 Å². The van der Waals surface area contributed by atoms with E-state index >= 15 is 0 Å². The van der Waals surface area contributed by atoms with Crippen molar-refractivity contribution in [3.05, 3.63) is 95.4 Å². The van der Waals surface area contributed by atoms with Crippen LogP contribution >= 0.6 is 11.8 Å². The van der Waals surface area contributed by atoms with E-state index in [0.717, 1.165) is 28.7 Å². The number of nitrogens with zero attached hydrogens (tertiary/aromatic N) is 2. The molecule has 1 fully saturated rings. The van der Waals surface area contributed by atoms with Crippen LogP contribution in [0.1, 0.15) is 5.56 Å². The second-order valence-electron chi connectivity index (χ2n) is 6.34. The summed E-state index contributed by atoms with van der Waals surface area (Å²) in [5, 5.41) is -0.275. The van der Waals surface area contributed by atoms with E-state index in [1.165, 1.54) is 4.90 Å². The zero-order chi connectivity index (χ0) is 19.5. The minimum Gasteiger partial charge on any atom is -0.345 e. The average molecular weight is 386 g/mol. The van der Waals surface area contributed by atoms with Gasteiger partial charge in [-0.15, -0.1) is 0 Å². The fraction of sp³-hybridized carbons (Fsp3) is 0.0435. The van der Waals surface area contributed by atoms with Crippen molar-refractivity contribution >= 4 is 46.0 Å². The number of anilines is 3. The summed E-state index contributed by atoms with van der Waals surface area (Å²) in [7, 11) is 2.01. The molecule has 1 aliphatic rings. The molecule has 138 valence electrons. The van der Waals surface area contributed by atoms with E-state index in [0.29, 0.717) is 10.6 Å². The van der Waals surface area contributed by atoms with Crippen LogP contribution in [0.2, 0.25) is 0 Å².